The molecule has 4 heteroatoms. The van der Waals surface area contributed by atoms with Gasteiger partial charge in [0, 0.05) is 24.7 Å². The molecule has 1 aromatic heterocycles. The molecule has 0 saturated heterocycles. The first-order chi connectivity index (χ1) is 7.90. The molecule has 0 unspecified atom stereocenters. The summed E-state index contributed by atoms with van der Waals surface area (Å²) in [5.41, 5.74) is 6.28. The van der Waals surface area contributed by atoms with E-state index in [2.05, 4.69) is 15.3 Å². The van der Waals surface area contributed by atoms with Gasteiger partial charge in [0.1, 0.15) is 0 Å². The van der Waals surface area contributed by atoms with Gasteiger partial charge in [0.25, 0.3) is 0 Å². The SMILES string of the molecule is NC/C=C/CNc1ncc2ccccc2n1. The minimum atomic E-state index is 0.556. The molecular formula is C12H14N4. The number of anilines is 1. The summed E-state index contributed by atoms with van der Waals surface area (Å²) in [5, 5.41) is 4.15. The monoisotopic (exact) mass is 214 g/mol. The Kier molecular flexibility index (Phi) is 3.46. The number of nitrogens with two attached hydrogens (primary N) is 1. The van der Waals surface area contributed by atoms with Crippen molar-refractivity contribution in [3.63, 3.8) is 0 Å². The summed E-state index contributed by atoms with van der Waals surface area (Å²) in [6.07, 6.45) is 5.67. The van der Waals surface area contributed by atoms with Crippen molar-refractivity contribution in [2.24, 2.45) is 5.73 Å². The maximum atomic E-state index is 5.34. The standard InChI is InChI=1S/C12H14N4/c13-7-3-4-8-14-12-15-9-10-5-1-2-6-11(10)16-12/h1-6,9H,7-8,13H2,(H,14,15,16)/b4-3+. The quantitative estimate of drug-likeness (QED) is 0.758. The minimum absolute atomic E-state index is 0.556. The van der Waals surface area contributed by atoms with Crippen LogP contribution in [0.25, 0.3) is 10.9 Å². The molecule has 0 atom stereocenters. The average Bonchev–Trinajstić information content (AvgIpc) is 2.34. The predicted molar refractivity (Wildman–Crippen MR) is 66.2 cm³/mol. The molecule has 3 N–H and O–H groups in total. The van der Waals surface area contributed by atoms with E-state index in [9.17, 15) is 0 Å². The highest BCUT2D eigenvalue weighted by molar-refractivity contribution is 5.78. The third kappa shape index (κ3) is 2.55. The summed E-state index contributed by atoms with van der Waals surface area (Å²) in [6, 6.07) is 7.90. The third-order valence-electron chi connectivity index (χ3n) is 2.17. The van der Waals surface area contributed by atoms with Crippen LogP contribution in [0.5, 0.6) is 0 Å². The average molecular weight is 214 g/mol. The number of aromatic nitrogens is 2. The van der Waals surface area contributed by atoms with Crippen LogP contribution in [0.15, 0.2) is 42.6 Å². The van der Waals surface area contributed by atoms with Crippen LogP contribution >= 0.6 is 0 Å². The second-order valence-corrected chi connectivity index (χ2v) is 3.34. The molecule has 0 bridgehead atoms. The van der Waals surface area contributed by atoms with Gasteiger partial charge in [-0.2, -0.15) is 0 Å². The zero-order chi connectivity index (χ0) is 11.2. The van der Waals surface area contributed by atoms with Crippen LogP contribution in [-0.4, -0.2) is 23.1 Å². The van der Waals surface area contributed by atoms with E-state index in [4.69, 9.17) is 5.73 Å². The molecule has 2 aromatic rings. The van der Waals surface area contributed by atoms with Crippen LogP contribution in [0.3, 0.4) is 0 Å². The molecule has 0 aliphatic carbocycles. The molecule has 0 spiro atoms. The lowest BCUT2D eigenvalue weighted by Crippen LogP contribution is -2.03. The summed E-state index contributed by atoms with van der Waals surface area (Å²) in [7, 11) is 0. The fraction of sp³-hybridized carbons (Fsp3) is 0.167. The number of hydrogen-bond donors (Lipinski definition) is 2. The molecule has 0 aliphatic heterocycles. The molecule has 2 rings (SSSR count). The Morgan fingerprint density at radius 1 is 1.25 bits per heavy atom. The normalized spacial score (nSPS) is 11.1. The van der Waals surface area contributed by atoms with Gasteiger partial charge in [-0.15, -0.1) is 0 Å². The Morgan fingerprint density at radius 3 is 3.00 bits per heavy atom. The molecule has 4 nitrogen and oxygen atoms in total. The maximum absolute atomic E-state index is 5.34. The lowest BCUT2D eigenvalue weighted by Gasteiger charge is -2.02. The van der Waals surface area contributed by atoms with Gasteiger partial charge in [-0.05, 0) is 6.07 Å². The summed E-state index contributed by atoms with van der Waals surface area (Å²) in [6.45, 7) is 1.25. The zero-order valence-corrected chi connectivity index (χ0v) is 8.93. The number of hydrogen-bond acceptors (Lipinski definition) is 4. The van der Waals surface area contributed by atoms with Gasteiger partial charge < -0.3 is 11.1 Å². The van der Waals surface area contributed by atoms with Gasteiger partial charge in [-0.25, -0.2) is 9.97 Å². The molecule has 1 aromatic carbocycles. The van der Waals surface area contributed by atoms with E-state index in [1.807, 2.05) is 42.6 Å². The molecule has 16 heavy (non-hydrogen) atoms. The first-order valence-electron chi connectivity index (χ1n) is 5.21. The largest absolute Gasteiger partial charge is 0.351 e. The topological polar surface area (TPSA) is 63.8 Å². The van der Waals surface area contributed by atoms with E-state index in [-0.39, 0.29) is 0 Å². The van der Waals surface area contributed by atoms with E-state index in [0.29, 0.717) is 19.0 Å². The van der Waals surface area contributed by atoms with Crippen molar-refractivity contribution in [3.05, 3.63) is 42.6 Å². The van der Waals surface area contributed by atoms with Crippen molar-refractivity contribution >= 4 is 16.9 Å². The van der Waals surface area contributed by atoms with Gasteiger partial charge >= 0.3 is 0 Å². The Balaban J connectivity index is 2.10. The van der Waals surface area contributed by atoms with Gasteiger partial charge in [0.05, 0.1) is 5.52 Å². The molecule has 0 saturated carbocycles. The van der Waals surface area contributed by atoms with Crippen molar-refractivity contribution in [1.82, 2.24) is 9.97 Å². The maximum Gasteiger partial charge on any atom is 0.223 e. The number of fused-ring (bicyclic) bond motifs is 1. The summed E-state index contributed by atoms with van der Waals surface area (Å²) in [5.74, 6) is 0.639. The molecular weight excluding hydrogens is 200 g/mol. The zero-order valence-electron chi connectivity index (χ0n) is 8.93. The van der Waals surface area contributed by atoms with Crippen molar-refractivity contribution < 1.29 is 0 Å². The van der Waals surface area contributed by atoms with Crippen LogP contribution in [0, 0.1) is 0 Å². The number of para-hydroxylation sites is 1. The van der Waals surface area contributed by atoms with Gasteiger partial charge in [0.2, 0.25) is 5.95 Å². The lowest BCUT2D eigenvalue weighted by molar-refractivity contribution is 1.14. The highest BCUT2D eigenvalue weighted by Gasteiger charge is 1.96. The summed E-state index contributed by atoms with van der Waals surface area (Å²) < 4.78 is 0. The summed E-state index contributed by atoms with van der Waals surface area (Å²) >= 11 is 0. The first kappa shape index (κ1) is 10.6. The Bertz CT molecular complexity index is 493. The highest BCUT2D eigenvalue weighted by Crippen LogP contribution is 2.11. The molecule has 0 amide bonds. The van der Waals surface area contributed by atoms with E-state index < -0.39 is 0 Å². The Hall–Kier alpha value is -1.94. The lowest BCUT2D eigenvalue weighted by atomic mass is 10.2. The number of benzene rings is 1. The van der Waals surface area contributed by atoms with Gasteiger partial charge in [0.15, 0.2) is 0 Å². The van der Waals surface area contributed by atoms with Crippen LogP contribution in [0.4, 0.5) is 5.95 Å². The Morgan fingerprint density at radius 2 is 2.12 bits per heavy atom. The van der Waals surface area contributed by atoms with E-state index >= 15 is 0 Å². The van der Waals surface area contributed by atoms with E-state index in [1.165, 1.54) is 0 Å². The third-order valence-corrected chi connectivity index (χ3v) is 2.17. The van der Waals surface area contributed by atoms with Crippen molar-refractivity contribution in [2.45, 2.75) is 0 Å². The second-order valence-electron chi connectivity index (χ2n) is 3.34. The number of nitrogens with one attached hydrogen (secondary N) is 1. The molecule has 82 valence electrons. The first-order valence-corrected chi connectivity index (χ1v) is 5.21. The fourth-order valence-corrected chi connectivity index (χ4v) is 1.39. The van der Waals surface area contributed by atoms with E-state index in [0.717, 1.165) is 10.9 Å². The summed E-state index contributed by atoms with van der Waals surface area (Å²) in [4.78, 5) is 8.60. The van der Waals surface area contributed by atoms with E-state index in [1.54, 1.807) is 0 Å². The number of nitrogens with zero attached hydrogens (tertiary/aromatic N) is 2. The fourth-order valence-electron chi connectivity index (χ4n) is 1.39. The smallest absolute Gasteiger partial charge is 0.223 e. The second kappa shape index (κ2) is 5.23. The van der Waals surface area contributed by atoms with Crippen molar-refractivity contribution in [1.29, 1.82) is 0 Å². The van der Waals surface area contributed by atoms with Gasteiger partial charge in [-0.1, -0.05) is 30.4 Å². The van der Waals surface area contributed by atoms with Crippen LogP contribution in [-0.2, 0) is 0 Å². The molecule has 0 aliphatic rings. The van der Waals surface area contributed by atoms with Crippen molar-refractivity contribution in [3.8, 4) is 0 Å². The van der Waals surface area contributed by atoms with Crippen LogP contribution in [0.2, 0.25) is 0 Å². The van der Waals surface area contributed by atoms with Crippen LogP contribution in [0.1, 0.15) is 0 Å². The molecule has 0 radical (unpaired) electrons. The van der Waals surface area contributed by atoms with Crippen LogP contribution < -0.4 is 11.1 Å². The number of rotatable bonds is 4. The predicted octanol–water partition coefficient (Wildman–Crippen LogP) is 1.56. The highest BCUT2D eigenvalue weighted by atomic mass is 15.1. The van der Waals surface area contributed by atoms with Crippen molar-refractivity contribution in [2.75, 3.05) is 18.4 Å². The van der Waals surface area contributed by atoms with Gasteiger partial charge in [-0.3, -0.25) is 0 Å². The minimum Gasteiger partial charge on any atom is -0.351 e. The molecule has 1 heterocycles. The molecule has 0 fully saturated rings. The Labute approximate surface area is 94.2 Å².